The molecule has 0 aliphatic rings. The number of rotatable bonds is 18. The number of amides is 3. The number of hydrogen-bond acceptors (Lipinski definition) is 10. The van der Waals surface area contributed by atoms with Gasteiger partial charge in [-0.3, -0.25) is 0 Å². The summed E-state index contributed by atoms with van der Waals surface area (Å²) in [7, 11) is 0. The van der Waals surface area contributed by atoms with Gasteiger partial charge in [0.05, 0.1) is 0 Å². The molecular formula is C21H36N8O6SSe. The number of H-pyrrole nitrogens is 1. The van der Waals surface area contributed by atoms with E-state index < -0.39 is 69.1 Å². The van der Waals surface area contributed by atoms with Crippen LogP contribution in [0.15, 0.2) is 12.5 Å². The summed E-state index contributed by atoms with van der Waals surface area (Å²) >= 11 is 3.20. The van der Waals surface area contributed by atoms with E-state index in [-0.39, 0.29) is 16.9 Å². The molecule has 1 rings (SSSR count). The maximum atomic E-state index is 13.0. The zero-order valence-corrected chi connectivity index (χ0v) is 23.3. The van der Waals surface area contributed by atoms with E-state index in [1.54, 1.807) is 0 Å². The summed E-state index contributed by atoms with van der Waals surface area (Å²) in [5.41, 5.74) is 12.1. The van der Waals surface area contributed by atoms with Crippen molar-refractivity contribution in [2.24, 2.45) is 11.5 Å². The molecule has 37 heavy (non-hydrogen) atoms. The Morgan fingerprint density at radius 1 is 1.05 bits per heavy atom. The number of nitrogens with zero attached hydrogens (tertiary/aromatic N) is 1. The van der Waals surface area contributed by atoms with Gasteiger partial charge in [-0.05, 0) is 0 Å². The number of carbonyl (C=O) groups excluding carboxylic acids is 4. The fraction of sp³-hybridized carbons (Fsp3) is 0.619. The summed E-state index contributed by atoms with van der Waals surface area (Å²) in [5, 5.41) is 16.3. The van der Waals surface area contributed by atoms with Crippen molar-refractivity contribution in [2.45, 2.75) is 69.7 Å². The Morgan fingerprint density at radius 2 is 1.73 bits per heavy atom. The van der Waals surface area contributed by atoms with Gasteiger partial charge in [0.1, 0.15) is 0 Å². The summed E-state index contributed by atoms with van der Waals surface area (Å²) in [6, 6.07) is -4.76. The number of nitrogens with one attached hydrogen (secondary N) is 5. The van der Waals surface area contributed by atoms with Crippen LogP contribution >= 0.6 is 12.6 Å². The van der Waals surface area contributed by atoms with Gasteiger partial charge in [-0.15, -0.1) is 0 Å². The SMILES string of the molecule is C[C@H](NC(=O)[C@H](C)NC(=O)[C@H](CS)N[Se]C(=O)[C@H](Cc1cnc[nH]1)NC(=O)[C@@H](N)CCCCN)C(=O)O. The number of aliphatic carboxylic acids is 1. The van der Waals surface area contributed by atoms with E-state index in [0.717, 1.165) is 6.42 Å². The molecule has 14 nitrogen and oxygen atoms in total. The van der Waals surface area contributed by atoms with Crippen molar-refractivity contribution in [3.8, 4) is 0 Å². The van der Waals surface area contributed by atoms with Crippen LogP contribution in [0.5, 0.6) is 0 Å². The van der Waals surface area contributed by atoms with E-state index in [1.165, 1.54) is 26.4 Å². The number of nitrogens with two attached hydrogens (primary N) is 2. The molecular weight excluding hydrogens is 571 g/mol. The quantitative estimate of drug-likeness (QED) is 0.0467. The first-order valence-corrected chi connectivity index (χ1v) is 14.0. The van der Waals surface area contributed by atoms with Crippen LogP contribution in [0, 0.1) is 0 Å². The fourth-order valence-electron chi connectivity index (χ4n) is 2.88. The van der Waals surface area contributed by atoms with Gasteiger partial charge in [0, 0.05) is 0 Å². The van der Waals surface area contributed by atoms with Gasteiger partial charge < -0.3 is 0 Å². The van der Waals surface area contributed by atoms with E-state index >= 15 is 0 Å². The van der Waals surface area contributed by atoms with E-state index in [9.17, 15) is 24.0 Å². The average Bonchev–Trinajstić information content (AvgIpc) is 3.36. The Kier molecular flexibility index (Phi) is 15.0. The number of carbonyl (C=O) groups is 5. The second-order valence-electron chi connectivity index (χ2n) is 8.31. The number of imidazole rings is 1. The molecule has 0 spiro atoms. The number of hydrogen-bond donors (Lipinski definition) is 9. The van der Waals surface area contributed by atoms with Crippen molar-refractivity contribution in [3.05, 3.63) is 18.2 Å². The molecule has 0 bridgehead atoms. The molecule has 5 atom stereocenters. The third-order valence-electron chi connectivity index (χ3n) is 5.17. The molecule has 1 aromatic heterocycles. The molecule has 0 unspecified atom stereocenters. The Labute approximate surface area is 227 Å². The van der Waals surface area contributed by atoms with Crippen LogP contribution in [0.2, 0.25) is 0 Å². The molecule has 1 heterocycles. The summed E-state index contributed by atoms with van der Waals surface area (Å²) < 4.78 is 2.51. The third kappa shape index (κ3) is 12.1. The van der Waals surface area contributed by atoms with E-state index in [4.69, 9.17) is 16.6 Å². The van der Waals surface area contributed by atoms with Gasteiger partial charge >= 0.3 is 227 Å². The van der Waals surface area contributed by atoms with Gasteiger partial charge in [0.2, 0.25) is 0 Å². The number of unbranched alkanes of at least 4 members (excludes halogenated alkanes) is 1. The normalized spacial score (nSPS) is 15.1. The Hall–Kier alpha value is -2.49. The van der Waals surface area contributed by atoms with Gasteiger partial charge in [0.15, 0.2) is 0 Å². The van der Waals surface area contributed by atoms with Gasteiger partial charge in [-0.1, -0.05) is 0 Å². The molecule has 0 aliphatic carbocycles. The van der Waals surface area contributed by atoms with Crippen molar-refractivity contribution in [2.75, 3.05) is 12.3 Å². The zero-order valence-electron chi connectivity index (χ0n) is 20.7. The van der Waals surface area contributed by atoms with Gasteiger partial charge in [-0.2, -0.15) is 0 Å². The second kappa shape index (κ2) is 17.1. The van der Waals surface area contributed by atoms with Crippen LogP contribution < -0.4 is 31.8 Å². The number of carboxylic acids is 1. The van der Waals surface area contributed by atoms with Crippen molar-refractivity contribution >= 4 is 56.2 Å². The average molecular weight is 608 g/mol. The number of thiol groups is 1. The summed E-state index contributed by atoms with van der Waals surface area (Å²) in [6.45, 7) is 3.20. The Balaban J connectivity index is 2.74. The second-order valence-corrected chi connectivity index (χ2v) is 10.4. The van der Waals surface area contributed by atoms with Crippen LogP contribution in [0.4, 0.5) is 0 Å². The van der Waals surface area contributed by atoms with Crippen molar-refractivity contribution in [3.63, 3.8) is 0 Å². The van der Waals surface area contributed by atoms with Crippen molar-refractivity contribution < 1.29 is 29.1 Å². The molecule has 16 heteroatoms. The summed E-state index contributed by atoms with van der Waals surface area (Å²) in [5.74, 6) is -2.93. The maximum absolute atomic E-state index is 13.0. The Morgan fingerprint density at radius 3 is 2.30 bits per heavy atom. The van der Waals surface area contributed by atoms with Crippen LogP contribution in [0.3, 0.4) is 0 Å². The predicted molar refractivity (Wildman–Crippen MR) is 139 cm³/mol. The van der Waals surface area contributed by atoms with E-state index in [2.05, 4.69) is 42.9 Å². The van der Waals surface area contributed by atoms with Crippen LogP contribution in [0.1, 0.15) is 38.8 Å². The third-order valence-corrected chi connectivity index (χ3v) is 7.40. The molecule has 0 saturated carbocycles. The molecule has 3 amide bonds. The van der Waals surface area contributed by atoms with Crippen LogP contribution in [-0.2, 0) is 30.4 Å². The Bertz CT molecular complexity index is 906. The molecule has 208 valence electrons. The van der Waals surface area contributed by atoms with E-state index in [1.807, 2.05) is 0 Å². The van der Waals surface area contributed by atoms with Crippen molar-refractivity contribution in [1.29, 1.82) is 0 Å². The number of aromatic nitrogens is 2. The number of carboxylic acid groups (broad SMARTS) is 1. The first-order chi connectivity index (χ1) is 17.5. The molecule has 0 radical (unpaired) electrons. The summed E-state index contributed by atoms with van der Waals surface area (Å²) in [4.78, 5) is 68.0. The van der Waals surface area contributed by atoms with E-state index in [0.29, 0.717) is 25.1 Å². The summed E-state index contributed by atoms with van der Waals surface area (Å²) in [6.07, 6.45) is 4.99. The molecule has 0 aromatic carbocycles. The van der Waals surface area contributed by atoms with Crippen molar-refractivity contribution in [1.82, 2.24) is 30.3 Å². The first kappa shape index (κ1) is 32.5. The number of aromatic amines is 1. The topological polar surface area (TPSA) is 234 Å². The molecule has 10 N–H and O–H groups in total. The van der Waals surface area contributed by atoms with Gasteiger partial charge in [-0.25, -0.2) is 0 Å². The first-order valence-electron chi connectivity index (χ1n) is 11.6. The van der Waals surface area contributed by atoms with Crippen LogP contribution in [-0.4, -0.2) is 101 Å². The molecule has 1 aromatic rings. The molecule has 0 aliphatic heterocycles. The fourth-order valence-corrected chi connectivity index (χ4v) is 4.95. The monoisotopic (exact) mass is 608 g/mol. The zero-order chi connectivity index (χ0) is 28.0. The predicted octanol–water partition coefficient (Wildman–Crippen LogP) is -2.98. The standard InChI is InChI=1S/C21H36N8O6SSe/c1-11(17(30)27-12(2)20(33)34)26-19(32)16(9-36)29-37-21(35)15(7-13-8-24-10-25-13)28-18(31)14(23)5-3-4-6-22/h8,10-12,14-16,29,36H,3-7,9,22-23H2,1-2H3,(H,24,25)(H,26,32)(H,27,30)(H,28,31)(H,33,34)/t11-,12-,14-,15-,16-/m0/s1. The molecule has 0 saturated heterocycles. The minimum atomic E-state index is -1.21. The minimum absolute atomic E-state index is 0.0182. The van der Waals surface area contributed by atoms with Crippen LogP contribution in [0.25, 0.3) is 0 Å². The van der Waals surface area contributed by atoms with Gasteiger partial charge in [0.25, 0.3) is 0 Å². The molecule has 0 fully saturated rings.